The fourth-order valence-electron chi connectivity index (χ4n) is 20.3. The van der Waals surface area contributed by atoms with Crippen LogP contribution in [0.4, 0.5) is 0 Å². The van der Waals surface area contributed by atoms with Crippen LogP contribution in [0.5, 0.6) is 0 Å². The highest BCUT2D eigenvalue weighted by Gasteiger charge is 2.31. The van der Waals surface area contributed by atoms with Gasteiger partial charge in [0.2, 0.25) is 27.9 Å². The van der Waals surface area contributed by atoms with E-state index in [4.69, 9.17) is 22.1 Å². The van der Waals surface area contributed by atoms with Gasteiger partial charge in [0.15, 0.2) is 31.0 Å². The van der Waals surface area contributed by atoms with Crippen molar-refractivity contribution in [1.82, 2.24) is 0 Å². The molecule has 10 heteroatoms. The van der Waals surface area contributed by atoms with Gasteiger partial charge in [-0.3, -0.25) is 0 Å². The normalized spacial score (nSPS) is 11.7. The molecule has 0 aliphatic carbocycles. The second-order valence-corrected chi connectivity index (χ2v) is 35.9. The summed E-state index contributed by atoms with van der Waals surface area (Å²) in [4.78, 5) is 0. The van der Waals surface area contributed by atoms with Crippen LogP contribution in [-0.2, 0) is 35.2 Å². The number of aromatic nitrogens is 5. The molecule has 0 saturated heterocycles. The van der Waals surface area contributed by atoms with Crippen LogP contribution in [0.1, 0.15) is 61.2 Å². The van der Waals surface area contributed by atoms with Crippen LogP contribution in [0.15, 0.2) is 350 Å². The number of hydrogen-bond acceptors (Lipinski definition) is 5. The Morgan fingerprint density at radius 3 is 0.748 bits per heavy atom. The minimum Gasteiger partial charge on any atom is -0.448 e. The Bertz CT molecular complexity index is 8810. The molecule has 0 spiro atoms. The van der Waals surface area contributed by atoms with E-state index in [2.05, 4.69) is 462 Å². The lowest BCUT2D eigenvalue weighted by Crippen LogP contribution is -2.31. The lowest BCUT2D eigenvalue weighted by Gasteiger charge is -2.07. The van der Waals surface area contributed by atoms with Gasteiger partial charge in [-0.15, -0.1) is 0 Å². The molecule has 0 amide bonds. The van der Waals surface area contributed by atoms with Gasteiger partial charge in [-0.1, -0.05) is 241 Å². The van der Waals surface area contributed by atoms with Crippen molar-refractivity contribution in [3.8, 4) is 56.3 Å². The molecule has 10 heterocycles. The van der Waals surface area contributed by atoms with Gasteiger partial charge in [0.05, 0.1) is 27.8 Å². The van der Waals surface area contributed by atoms with Crippen molar-refractivity contribution in [3.63, 3.8) is 0 Å². The summed E-state index contributed by atoms with van der Waals surface area (Å²) in [5.74, 6) is 0. The number of nitrogens with zero attached hydrogens (tertiary/aromatic N) is 5. The van der Waals surface area contributed by atoms with Crippen molar-refractivity contribution in [2.75, 3.05) is 0 Å². The van der Waals surface area contributed by atoms with Crippen LogP contribution < -0.4 is 22.8 Å². The Balaban J connectivity index is 0.0000000989. The minimum absolute atomic E-state index is 0.951. The molecular weight excluding hydrogens is 1600 g/mol. The number of benzene rings is 15. The molecule has 0 bridgehead atoms. The highest BCUT2D eigenvalue weighted by Crippen LogP contribution is 2.46. The summed E-state index contributed by atoms with van der Waals surface area (Å²) in [6.07, 6.45) is 10.8. The first-order valence-electron chi connectivity index (χ1n) is 45.1. The molecule has 0 fully saturated rings. The van der Waals surface area contributed by atoms with Gasteiger partial charge in [0.25, 0.3) is 28.5 Å². The number of pyridine rings is 5. The average molecular weight is 1710 g/mol. The molecule has 0 N–H and O–H groups in total. The Labute approximate surface area is 760 Å². The average Bonchev–Trinajstić information content (AvgIpc) is 1.58. The number of fused-ring (bicyclic) bond motifs is 25. The molecule has 15 aromatic carbocycles. The van der Waals surface area contributed by atoms with Crippen LogP contribution in [0.2, 0.25) is 0 Å². The van der Waals surface area contributed by atoms with E-state index in [0.717, 1.165) is 89.7 Å². The summed E-state index contributed by atoms with van der Waals surface area (Å²) in [7, 11) is 10.4. The fourth-order valence-corrected chi connectivity index (χ4v) is 20.3. The first-order chi connectivity index (χ1) is 63.6. The first-order valence-corrected chi connectivity index (χ1v) is 45.1. The Hall–Kier alpha value is -15.7. The van der Waals surface area contributed by atoms with Crippen LogP contribution >= 0.6 is 0 Å². The number of aryl methyl sites for hydroxylation is 16. The molecule has 0 aliphatic heterocycles. The third kappa shape index (κ3) is 14.2. The zero-order chi connectivity index (χ0) is 90.1. The molecule has 10 aromatic heterocycles. The maximum Gasteiger partial charge on any atom is 0.256 e. The Morgan fingerprint density at radius 2 is 0.412 bits per heavy atom. The largest absolute Gasteiger partial charge is 0.448 e. The van der Waals surface area contributed by atoms with Crippen LogP contribution in [0.25, 0.3) is 220 Å². The number of hydrogen-bond donors (Lipinski definition) is 0. The van der Waals surface area contributed by atoms with Gasteiger partial charge in [-0.2, -0.15) is 22.8 Å². The summed E-state index contributed by atoms with van der Waals surface area (Å²) in [6, 6.07) is 105. The highest BCUT2D eigenvalue weighted by molar-refractivity contribution is 6.22. The molecule has 0 saturated carbocycles. The van der Waals surface area contributed by atoms with Gasteiger partial charge in [-0.25, -0.2) is 0 Å². The van der Waals surface area contributed by atoms with E-state index in [1.807, 2.05) is 0 Å². The quantitative estimate of drug-likeness (QED) is 0.160. The third-order valence-corrected chi connectivity index (χ3v) is 26.8. The summed E-state index contributed by atoms with van der Waals surface area (Å²) in [5, 5.41) is 23.7. The Morgan fingerprint density at radius 1 is 0.168 bits per heavy atom. The minimum atomic E-state index is 0.951. The third-order valence-electron chi connectivity index (χ3n) is 26.8. The van der Waals surface area contributed by atoms with Gasteiger partial charge >= 0.3 is 0 Å². The molecular formula is C121H102N5O5+5. The summed E-state index contributed by atoms with van der Waals surface area (Å²) >= 11 is 0. The summed E-state index contributed by atoms with van der Waals surface area (Å²) in [6.45, 7) is 23.6. The van der Waals surface area contributed by atoms with Crippen LogP contribution in [0, 0.1) is 76.2 Å². The molecule has 25 rings (SSSR count). The second-order valence-electron chi connectivity index (χ2n) is 35.9. The SMILES string of the molecule is Cc1ccc(-c2c3oc4c5ccccc5ccc4c3c(C)c[n+]2C)c(C)c1.Cc1ccc(-c2c3oc4c5ccccc5ccc4c3cc[n+]2C)c(C)c1.Cc1ccc2c(ccc3c4cc[n+](C)c(-c5ccccc5C)c4oc23)c1.Cc1ccc2c(ccc3c4cc[n+](C)c(-c5ccccc5C)c4oc23)c1.Cc1ccccc1-c1c2oc3c4ccccc4ccc3c2c(C)c[n+]1C. The van der Waals surface area contributed by atoms with E-state index in [1.165, 1.54) is 191 Å². The van der Waals surface area contributed by atoms with Crippen LogP contribution in [0.3, 0.4) is 0 Å². The molecule has 131 heavy (non-hydrogen) atoms. The maximum atomic E-state index is 6.58. The zero-order valence-corrected chi connectivity index (χ0v) is 77.0. The molecule has 0 unspecified atom stereocenters. The first kappa shape index (κ1) is 82.3. The molecule has 0 atom stereocenters. The molecule has 0 radical (unpaired) electrons. The molecule has 25 aromatic rings. The smallest absolute Gasteiger partial charge is 0.256 e. The molecule has 636 valence electrons. The summed E-state index contributed by atoms with van der Waals surface area (Å²) < 4.78 is 43.5. The lowest BCUT2D eigenvalue weighted by molar-refractivity contribution is -0.659. The van der Waals surface area contributed by atoms with Crippen LogP contribution in [-0.4, -0.2) is 0 Å². The fraction of sp³-hybridized carbons (Fsp3) is 0.132. The van der Waals surface area contributed by atoms with Gasteiger partial charge in [-0.05, 0) is 192 Å². The summed E-state index contributed by atoms with van der Waals surface area (Å²) in [5.41, 5.74) is 35.2. The van der Waals surface area contributed by atoms with Crippen molar-refractivity contribution < 1.29 is 44.9 Å². The molecule has 0 aliphatic rings. The van der Waals surface area contributed by atoms with E-state index < -0.39 is 0 Å². The van der Waals surface area contributed by atoms with Crippen molar-refractivity contribution >= 4 is 164 Å². The number of furan rings is 5. The van der Waals surface area contributed by atoms with Gasteiger partial charge in [0, 0.05) is 110 Å². The van der Waals surface area contributed by atoms with Crippen molar-refractivity contribution in [2.45, 2.75) is 76.2 Å². The lowest BCUT2D eigenvalue weighted by atomic mass is 9.99. The molecule has 10 nitrogen and oxygen atoms in total. The number of rotatable bonds is 5. The van der Waals surface area contributed by atoms with Crippen molar-refractivity contribution in [3.05, 3.63) is 389 Å². The highest BCUT2D eigenvalue weighted by atomic mass is 16.3. The predicted octanol–water partition coefficient (Wildman–Crippen LogP) is 29.5. The standard InChI is InChI=1S/C25H22NO.4C24H20NO/c1-15-9-11-19(16(2)13-15)23-25-22(17(3)14-26(23)4)21-12-10-18-7-5-6-8-20(18)24(21)27-25;1-15-8-4-6-10-18(15)22-24-21(16(2)14-25(22)3)20-13-12-17-9-5-7-11-19(17)23(20)26-24;1-15-8-10-18(16(2)14-15)22-24-21(12-13-25(22)3)20-11-9-17-6-4-5-7-19(17)23(20)26-24;2*1-15-8-10-19-17(14-15)9-11-20-21-12-13-25(3)22(24(21)26-23(19)20)18-7-5-4-6-16(18)2/h5-14H,1-4H3;4*4-14H,1-3H3/q5*+1. The van der Waals surface area contributed by atoms with E-state index >= 15 is 0 Å². The van der Waals surface area contributed by atoms with E-state index in [9.17, 15) is 0 Å². The van der Waals surface area contributed by atoms with Gasteiger partial charge < -0.3 is 22.1 Å². The predicted molar refractivity (Wildman–Crippen MR) is 541 cm³/mol. The zero-order valence-electron chi connectivity index (χ0n) is 77.0. The van der Waals surface area contributed by atoms with Gasteiger partial charge in [0.1, 0.15) is 63.2 Å². The maximum absolute atomic E-state index is 6.58. The topological polar surface area (TPSA) is 85.1 Å². The monoisotopic (exact) mass is 1700 g/mol. The van der Waals surface area contributed by atoms with Crippen molar-refractivity contribution in [1.29, 1.82) is 0 Å². The Kier molecular flexibility index (Phi) is 20.7. The van der Waals surface area contributed by atoms with E-state index in [1.54, 1.807) is 0 Å². The van der Waals surface area contributed by atoms with E-state index in [0.29, 0.717) is 0 Å². The van der Waals surface area contributed by atoms with Crippen molar-refractivity contribution in [2.24, 2.45) is 35.2 Å². The second kappa shape index (κ2) is 32.9. The van der Waals surface area contributed by atoms with E-state index in [-0.39, 0.29) is 0 Å².